The van der Waals surface area contributed by atoms with Gasteiger partial charge in [-0.3, -0.25) is 0 Å². The molecule has 0 aliphatic carbocycles. The SMILES string of the molecule is O=S(=O)(c1ccc(F)cc1)C1CCN(c2nc(-c3ccc(Cl)cc3Cl)cs2)CC1. The minimum Gasteiger partial charge on any atom is -0.348 e. The maximum Gasteiger partial charge on any atom is 0.185 e. The van der Waals surface area contributed by atoms with E-state index < -0.39 is 20.9 Å². The molecule has 0 bridgehead atoms. The molecule has 2 heterocycles. The number of anilines is 1. The number of nitrogens with zero attached hydrogens (tertiary/aromatic N) is 2. The minimum atomic E-state index is -3.47. The van der Waals surface area contributed by atoms with Crippen LogP contribution >= 0.6 is 34.5 Å². The summed E-state index contributed by atoms with van der Waals surface area (Å²) < 4.78 is 38.7. The van der Waals surface area contributed by atoms with Gasteiger partial charge in [-0.25, -0.2) is 17.8 Å². The summed E-state index contributed by atoms with van der Waals surface area (Å²) in [6, 6.07) is 10.3. The number of thiazole rings is 1. The van der Waals surface area contributed by atoms with Gasteiger partial charge in [0.25, 0.3) is 0 Å². The predicted octanol–water partition coefficient (Wildman–Crippen LogP) is 5.70. The zero-order chi connectivity index (χ0) is 20.6. The van der Waals surface area contributed by atoms with Crippen LogP contribution in [0.15, 0.2) is 52.7 Å². The summed E-state index contributed by atoms with van der Waals surface area (Å²) in [7, 11) is -3.47. The molecule has 1 aliphatic heterocycles. The first-order chi connectivity index (χ1) is 13.8. The van der Waals surface area contributed by atoms with E-state index in [0.29, 0.717) is 36.0 Å². The smallest absolute Gasteiger partial charge is 0.185 e. The lowest BCUT2D eigenvalue weighted by atomic mass is 10.1. The van der Waals surface area contributed by atoms with Gasteiger partial charge in [-0.2, -0.15) is 0 Å². The average Bonchev–Trinajstić information content (AvgIpc) is 3.18. The van der Waals surface area contributed by atoms with Gasteiger partial charge in [0, 0.05) is 29.1 Å². The second-order valence-corrected chi connectivity index (χ2v) is 10.7. The fraction of sp³-hybridized carbons (Fsp3) is 0.250. The summed E-state index contributed by atoms with van der Waals surface area (Å²) in [5.74, 6) is -0.445. The molecule has 4 nitrogen and oxygen atoms in total. The molecule has 0 radical (unpaired) electrons. The Labute approximate surface area is 182 Å². The van der Waals surface area contributed by atoms with Crippen molar-refractivity contribution in [3.63, 3.8) is 0 Å². The van der Waals surface area contributed by atoms with Gasteiger partial charge in [0.1, 0.15) is 5.82 Å². The summed E-state index contributed by atoms with van der Waals surface area (Å²) in [6.45, 7) is 1.18. The topological polar surface area (TPSA) is 50.3 Å². The molecule has 0 N–H and O–H groups in total. The van der Waals surface area contributed by atoms with Gasteiger partial charge in [-0.05, 0) is 55.3 Å². The van der Waals surface area contributed by atoms with Gasteiger partial charge in [0.05, 0.1) is 20.9 Å². The van der Waals surface area contributed by atoms with E-state index in [-0.39, 0.29) is 4.90 Å². The maximum atomic E-state index is 13.1. The highest BCUT2D eigenvalue weighted by molar-refractivity contribution is 7.92. The molecule has 0 saturated carbocycles. The Kier molecular flexibility index (Phi) is 5.84. The third kappa shape index (κ3) is 4.28. The molecule has 0 atom stereocenters. The van der Waals surface area contributed by atoms with E-state index in [1.165, 1.54) is 35.6 Å². The van der Waals surface area contributed by atoms with Crippen LogP contribution in [0.2, 0.25) is 10.0 Å². The lowest BCUT2D eigenvalue weighted by Crippen LogP contribution is -2.39. The number of rotatable bonds is 4. The Bertz CT molecular complexity index is 1130. The number of hydrogen-bond acceptors (Lipinski definition) is 5. The molecule has 0 spiro atoms. The third-order valence-electron chi connectivity index (χ3n) is 4.99. The lowest BCUT2D eigenvalue weighted by Gasteiger charge is -2.31. The van der Waals surface area contributed by atoms with Crippen LogP contribution in [0.25, 0.3) is 11.3 Å². The van der Waals surface area contributed by atoms with Gasteiger partial charge in [0.2, 0.25) is 0 Å². The fourth-order valence-electron chi connectivity index (χ4n) is 3.40. The molecule has 3 aromatic rings. The zero-order valence-corrected chi connectivity index (χ0v) is 18.3. The van der Waals surface area contributed by atoms with Crippen molar-refractivity contribution < 1.29 is 12.8 Å². The highest BCUT2D eigenvalue weighted by Gasteiger charge is 2.32. The predicted molar refractivity (Wildman–Crippen MR) is 116 cm³/mol. The van der Waals surface area contributed by atoms with Crippen LogP contribution in [0, 0.1) is 5.82 Å². The van der Waals surface area contributed by atoms with Crippen LogP contribution in [0.3, 0.4) is 0 Å². The van der Waals surface area contributed by atoms with E-state index in [1.54, 1.807) is 12.1 Å². The molecular formula is C20H17Cl2FN2O2S2. The first kappa shape index (κ1) is 20.6. The van der Waals surface area contributed by atoms with E-state index >= 15 is 0 Å². The summed E-state index contributed by atoms with van der Waals surface area (Å²) in [5.41, 5.74) is 1.58. The lowest BCUT2D eigenvalue weighted by molar-refractivity contribution is 0.529. The van der Waals surface area contributed by atoms with Crippen molar-refractivity contribution in [3.8, 4) is 11.3 Å². The Morgan fingerprint density at radius 1 is 1.07 bits per heavy atom. The highest BCUT2D eigenvalue weighted by Crippen LogP contribution is 2.35. The van der Waals surface area contributed by atoms with E-state index in [2.05, 4.69) is 9.88 Å². The Hall–Kier alpha value is -1.67. The number of benzene rings is 2. The van der Waals surface area contributed by atoms with Crippen molar-refractivity contribution in [2.75, 3.05) is 18.0 Å². The molecular weight excluding hydrogens is 454 g/mol. The van der Waals surface area contributed by atoms with Crippen molar-refractivity contribution in [3.05, 3.63) is 63.7 Å². The van der Waals surface area contributed by atoms with Crippen LogP contribution in [0.5, 0.6) is 0 Å². The molecule has 1 aliphatic rings. The Morgan fingerprint density at radius 2 is 1.76 bits per heavy atom. The van der Waals surface area contributed by atoms with E-state index in [9.17, 15) is 12.8 Å². The largest absolute Gasteiger partial charge is 0.348 e. The number of hydrogen-bond donors (Lipinski definition) is 0. The van der Waals surface area contributed by atoms with Crippen molar-refractivity contribution >= 4 is 49.5 Å². The maximum absolute atomic E-state index is 13.1. The van der Waals surface area contributed by atoms with Gasteiger partial charge < -0.3 is 4.90 Å². The van der Waals surface area contributed by atoms with Crippen molar-refractivity contribution in [1.82, 2.24) is 4.98 Å². The van der Waals surface area contributed by atoms with Crippen LogP contribution < -0.4 is 4.90 Å². The van der Waals surface area contributed by atoms with Crippen LogP contribution in [-0.2, 0) is 9.84 Å². The molecule has 152 valence electrons. The summed E-state index contributed by atoms with van der Waals surface area (Å²) >= 11 is 13.7. The van der Waals surface area contributed by atoms with E-state index in [4.69, 9.17) is 23.2 Å². The number of sulfone groups is 1. The Balaban J connectivity index is 1.46. The molecule has 1 aromatic heterocycles. The number of piperidine rings is 1. The molecule has 29 heavy (non-hydrogen) atoms. The zero-order valence-electron chi connectivity index (χ0n) is 15.2. The standard InChI is InChI=1S/C20H17Cl2FN2O2S2/c21-13-1-6-17(18(22)11-13)19-12-28-20(24-19)25-9-7-16(8-10-25)29(26,27)15-4-2-14(23)3-5-15/h1-6,11-12,16H,7-10H2. The fourth-order valence-corrected chi connectivity index (χ4v) is 6.52. The Morgan fingerprint density at radius 3 is 2.41 bits per heavy atom. The molecule has 1 saturated heterocycles. The number of halogens is 3. The monoisotopic (exact) mass is 470 g/mol. The van der Waals surface area contributed by atoms with Crippen molar-refractivity contribution in [1.29, 1.82) is 0 Å². The molecule has 4 rings (SSSR count). The van der Waals surface area contributed by atoms with Gasteiger partial charge >= 0.3 is 0 Å². The van der Waals surface area contributed by atoms with Crippen LogP contribution in [0.4, 0.5) is 9.52 Å². The van der Waals surface area contributed by atoms with Gasteiger partial charge in [-0.15, -0.1) is 11.3 Å². The molecule has 0 unspecified atom stereocenters. The summed E-state index contributed by atoms with van der Waals surface area (Å²) in [6.07, 6.45) is 0.993. The number of aromatic nitrogens is 1. The second-order valence-electron chi connectivity index (χ2n) is 6.82. The highest BCUT2D eigenvalue weighted by atomic mass is 35.5. The summed E-state index contributed by atoms with van der Waals surface area (Å²) in [4.78, 5) is 6.94. The molecule has 2 aromatic carbocycles. The summed E-state index contributed by atoms with van der Waals surface area (Å²) in [5, 5.41) is 3.40. The quantitative estimate of drug-likeness (QED) is 0.458. The average molecular weight is 471 g/mol. The molecule has 1 fully saturated rings. The van der Waals surface area contributed by atoms with Crippen molar-refractivity contribution in [2.24, 2.45) is 0 Å². The van der Waals surface area contributed by atoms with Crippen LogP contribution in [0.1, 0.15) is 12.8 Å². The first-order valence-corrected chi connectivity index (χ1v) is 12.2. The first-order valence-electron chi connectivity index (χ1n) is 9.00. The third-order valence-corrected chi connectivity index (χ3v) is 8.72. The van der Waals surface area contributed by atoms with Gasteiger partial charge in [-0.1, -0.05) is 23.2 Å². The molecule has 9 heteroatoms. The molecule has 0 amide bonds. The van der Waals surface area contributed by atoms with E-state index in [0.717, 1.165) is 16.4 Å². The van der Waals surface area contributed by atoms with Gasteiger partial charge in [0.15, 0.2) is 15.0 Å². The van der Waals surface area contributed by atoms with E-state index in [1.807, 2.05) is 11.4 Å². The second kappa shape index (κ2) is 8.22. The van der Waals surface area contributed by atoms with Crippen molar-refractivity contribution in [2.45, 2.75) is 23.0 Å². The minimum absolute atomic E-state index is 0.172. The van der Waals surface area contributed by atoms with Crippen LogP contribution in [-0.4, -0.2) is 31.7 Å². The normalized spacial score (nSPS) is 15.6.